The van der Waals surface area contributed by atoms with Crippen LogP contribution in [-0.2, 0) is 56.2 Å². The van der Waals surface area contributed by atoms with Crippen molar-refractivity contribution in [1.82, 2.24) is 41.7 Å². The van der Waals surface area contributed by atoms with E-state index in [-0.39, 0.29) is 72.5 Å². The molecule has 0 bridgehead atoms. The van der Waals surface area contributed by atoms with E-state index in [9.17, 15) is 43.5 Å². The van der Waals surface area contributed by atoms with Crippen molar-refractivity contribution in [1.29, 1.82) is 0 Å². The molecule has 7 N–H and O–H groups in total. The maximum absolute atomic E-state index is 13.3. The van der Waals surface area contributed by atoms with Gasteiger partial charge in [-0.05, 0) is 94.2 Å². The maximum atomic E-state index is 13.3. The molecule has 0 unspecified atom stereocenters. The summed E-state index contributed by atoms with van der Waals surface area (Å²) in [6.45, 7) is 10.00. The van der Waals surface area contributed by atoms with Crippen molar-refractivity contribution in [3.63, 3.8) is 0 Å². The van der Waals surface area contributed by atoms with Crippen LogP contribution in [0.1, 0.15) is 90.2 Å². The monoisotopic (exact) mass is 1130 g/mol. The van der Waals surface area contributed by atoms with Crippen molar-refractivity contribution >= 4 is 92.5 Å². The van der Waals surface area contributed by atoms with Crippen molar-refractivity contribution < 1.29 is 48.2 Å². The average molecular weight is 1130 g/mol. The Hall–Kier alpha value is -6.22. The fraction of sp³-hybridized carbons (Fsp3) is 0.525. The molecule has 0 aliphatic carbocycles. The van der Waals surface area contributed by atoms with E-state index in [1.807, 2.05) is 96.0 Å². The third-order valence-corrected chi connectivity index (χ3v) is 16.1. The Kier molecular flexibility index (Phi) is 26.4. The van der Waals surface area contributed by atoms with E-state index in [0.29, 0.717) is 76.2 Å². The van der Waals surface area contributed by atoms with Gasteiger partial charge in [0.2, 0.25) is 35.4 Å². The largest absolute Gasteiger partial charge is 0.480 e. The summed E-state index contributed by atoms with van der Waals surface area (Å²) in [6, 6.07) is 25.0. The number of benzene rings is 4. The number of ether oxygens (including phenoxy) is 1. The van der Waals surface area contributed by atoms with Gasteiger partial charge in [-0.3, -0.25) is 38.6 Å². The smallest absolute Gasteiger partial charge is 0.328 e. The zero-order valence-corrected chi connectivity index (χ0v) is 48.5. The minimum Gasteiger partial charge on any atom is -0.480 e. The normalized spacial score (nSPS) is 17.3. The highest BCUT2D eigenvalue weighted by atomic mass is 32.2. The summed E-state index contributed by atoms with van der Waals surface area (Å²) in [5.41, 5.74) is 2.10. The summed E-state index contributed by atoms with van der Waals surface area (Å²) in [6.07, 6.45) is 7.91. The molecule has 18 nitrogen and oxygen atoms in total. The number of carboxylic acid groups (broad SMARTS) is 1. The van der Waals surface area contributed by atoms with Crippen LogP contribution >= 0.6 is 23.5 Å². The van der Waals surface area contributed by atoms with Crippen LogP contribution in [0.4, 0.5) is 0 Å². The number of amides is 6. The summed E-state index contributed by atoms with van der Waals surface area (Å²) in [7, 11) is 1.32. The van der Waals surface area contributed by atoms with E-state index in [0.717, 1.165) is 45.5 Å². The fourth-order valence-corrected chi connectivity index (χ4v) is 10.7. The van der Waals surface area contributed by atoms with Crippen molar-refractivity contribution in [2.45, 2.75) is 128 Å². The molecular weight excluding hydrogens is 1040 g/mol. The van der Waals surface area contributed by atoms with Gasteiger partial charge >= 0.3 is 11.9 Å². The molecule has 0 saturated carbocycles. The number of nitrogens with zero attached hydrogens (tertiary/aromatic N) is 2. The molecule has 2 saturated heterocycles. The third kappa shape index (κ3) is 20.1. The van der Waals surface area contributed by atoms with Gasteiger partial charge in [0.1, 0.15) is 24.2 Å². The predicted octanol–water partition coefficient (Wildman–Crippen LogP) is 5.64. The Morgan fingerprint density at radius 3 is 1.41 bits per heavy atom. The number of methoxy groups -OCH3 is 1. The number of esters is 1. The molecule has 4 aromatic rings. The van der Waals surface area contributed by atoms with E-state index in [1.165, 1.54) is 18.9 Å². The standard InChI is InChI=1S/C30H42N4O5S.C29H40N4O5S/c1-5-20(2)26(33-29(37)24-13-14-27(35)31-24)18-34(17-22-11-8-10-21-9-6-7-12-23(21)22)19-28(36)32-25(15-16-40-4)30(38)39-3;1-4-19(2)25(32-28(36)23-12-13-26(34)30-23)17-33(18-27(35)31-24(29(37)38)14-15-39-3)16-21-10-7-9-20-8-5-6-11-22(20)21/h6-12,20,24-26H,5,13-19H2,1-4H3,(H,31,35)(H,32,36)(H,33,37);5-11,19,23-25H,4,12-18H2,1-3H3,(H,30,34)(H,31,35)(H,32,36)(H,37,38)/t20-,24+,25-,26+;19-,23+,24-,25+/m00/s1. The van der Waals surface area contributed by atoms with E-state index in [4.69, 9.17) is 4.74 Å². The van der Waals surface area contributed by atoms with Gasteiger partial charge in [-0.2, -0.15) is 23.5 Å². The zero-order chi connectivity index (χ0) is 57.4. The summed E-state index contributed by atoms with van der Waals surface area (Å²) in [5, 5.41) is 31.2. The first-order valence-corrected chi connectivity index (χ1v) is 30.2. The van der Waals surface area contributed by atoms with Crippen LogP contribution < -0.4 is 31.9 Å². The number of carboxylic acids is 1. The molecule has 6 amide bonds. The van der Waals surface area contributed by atoms with Crippen LogP contribution in [0.25, 0.3) is 21.5 Å². The van der Waals surface area contributed by atoms with Gasteiger partial charge in [0.15, 0.2) is 0 Å². The van der Waals surface area contributed by atoms with Crippen LogP contribution in [0.2, 0.25) is 0 Å². The molecule has 2 heterocycles. The molecule has 0 spiro atoms. The molecule has 6 rings (SSSR count). The highest BCUT2D eigenvalue weighted by Crippen LogP contribution is 2.24. The Morgan fingerprint density at radius 1 is 0.620 bits per heavy atom. The Bertz CT molecular complexity index is 2690. The lowest BCUT2D eigenvalue weighted by Gasteiger charge is -2.32. The lowest BCUT2D eigenvalue weighted by molar-refractivity contribution is -0.145. The van der Waals surface area contributed by atoms with Gasteiger partial charge in [-0.1, -0.05) is 125 Å². The van der Waals surface area contributed by atoms with Gasteiger partial charge in [0.05, 0.1) is 20.2 Å². The maximum Gasteiger partial charge on any atom is 0.328 e. The number of carbonyl (C=O) groups is 8. The molecule has 2 aliphatic heterocycles. The van der Waals surface area contributed by atoms with Gasteiger partial charge in [-0.25, -0.2) is 9.59 Å². The topological polar surface area (TPSA) is 245 Å². The number of hydrogen-bond acceptors (Lipinski definition) is 13. The number of hydrogen-bond donors (Lipinski definition) is 7. The van der Waals surface area contributed by atoms with Crippen molar-refractivity contribution in [3.8, 4) is 0 Å². The Balaban J connectivity index is 0.000000291. The number of carbonyl (C=O) groups excluding carboxylic acids is 7. The summed E-state index contributed by atoms with van der Waals surface area (Å²) >= 11 is 3.13. The highest BCUT2D eigenvalue weighted by Gasteiger charge is 2.33. The van der Waals surface area contributed by atoms with Crippen LogP contribution in [0, 0.1) is 11.8 Å². The lowest BCUT2D eigenvalue weighted by atomic mass is 9.97. The van der Waals surface area contributed by atoms with E-state index in [1.54, 1.807) is 11.8 Å². The second kappa shape index (κ2) is 32.8. The second-order valence-corrected chi connectivity index (χ2v) is 22.6. The fourth-order valence-electron chi connectivity index (χ4n) is 9.77. The third-order valence-electron chi connectivity index (χ3n) is 14.8. The zero-order valence-electron chi connectivity index (χ0n) is 46.8. The summed E-state index contributed by atoms with van der Waals surface area (Å²) < 4.78 is 4.92. The molecule has 2 fully saturated rings. The van der Waals surface area contributed by atoms with Crippen LogP contribution in [0.5, 0.6) is 0 Å². The number of rotatable bonds is 30. The van der Waals surface area contributed by atoms with Crippen molar-refractivity contribution in [2.24, 2.45) is 11.8 Å². The minimum atomic E-state index is -1.05. The predicted molar refractivity (Wildman–Crippen MR) is 313 cm³/mol. The molecule has 0 radical (unpaired) electrons. The van der Waals surface area contributed by atoms with Crippen LogP contribution in [-0.4, -0.2) is 156 Å². The number of aliphatic carboxylic acids is 1. The number of fused-ring (bicyclic) bond motifs is 2. The molecular formula is C59H82N8O10S2. The first kappa shape index (κ1) is 63.6. The second-order valence-electron chi connectivity index (χ2n) is 20.6. The Labute approximate surface area is 473 Å². The van der Waals surface area contributed by atoms with Gasteiger partial charge in [0.25, 0.3) is 0 Å². The van der Waals surface area contributed by atoms with Crippen LogP contribution in [0.15, 0.2) is 84.9 Å². The van der Waals surface area contributed by atoms with E-state index >= 15 is 0 Å². The molecule has 0 aromatic heterocycles. The quantitative estimate of drug-likeness (QED) is 0.0313. The van der Waals surface area contributed by atoms with Crippen molar-refractivity contribution in [2.75, 3.05) is 57.3 Å². The van der Waals surface area contributed by atoms with Crippen LogP contribution in [0.3, 0.4) is 0 Å². The highest BCUT2D eigenvalue weighted by molar-refractivity contribution is 7.98. The Morgan fingerprint density at radius 2 is 1.03 bits per heavy atom. The number of thioether (sulfide) groups is 2. The molecule has 4 aromatic carbocycles. The summed E-state index contributed by atoms with van der Waals surface area (Å²) in [5.74, 6) is -1.27. The first-order valence-electron chi connectivity index (χ1n) is 27.4. The average Bonchev–Trinajstić information content (AvgIpc) is 4.10. The van der Waals surface area contributed by atoms with Gasteiger partial charge in [-0.15, -0.1) is 0 Å². The molecule has 430 valence electrons. The van der Waals surface area contributed by atoms with Crippen molar-refractivity contribution in [3.05, 3.63) is 96.1 Å². The van der Waals surface area contributed by atoms with Gasteiger partial charge in [0, 0.05) is 51.1 Å². The minimum absolute atomic E-state index is 0.0186. The van der Waals surface area contributed by atoms with Gasteiger partial charge < -0.3 is 41.7 Å². The molecule has 20 heteroatoms. The van der Waals surface area contributed by atoms with E-state index in [2.05, 4.69) is 70.9 Å². The lowest BCUT2D eigenvalue weighted by Crippen LogP contribution is -2.53. The summed E-state index contributed by atoms with van der Waals surface area (Å²) in [4.78, 5) is 104. The first-order chi connectivity index (χ1) is 38.0. The van der Waals surface area contributed by atoms with E-state index < -0.39 is 36.1 Å². The molecule has 2 aliphatic rings. The SMILES string of the molecule is CC[C@H](C)[C@@H](CN(CC(=O)N[C@@H](CCSC)C(=O)O)Cc1cccc2ccccc12)NC(=O)[C@H]1CCC(=O)N1.CC[C@H](C)[C@@H](CN(CC(=O)N[C@@H](CCSC)C(=O)OC)Cc1cccc2ccccc12)NC(=O)[C@H]1CCC(=O)N1. The molecule has 8 atom stereocenters. The molecule has 79 heavy (non-hydrogen) atoms. The number of nitrogens with one attached hydrogen (secondary N) is 6.